The van der Waals surface area contributed by atoms with E-state index in [2.05, 4.69) is 10.3 Å². The molecule has 0 radical (unpaired) electrons. The molecule has 3 rings (SSSR count). The molecular weight excluding hydrogens is 445 g/mol. The van der Waals surface area contributed by atoms with Crippen molar-refractivity contribution in [3.63, 3.8) is 0 Å². The molecule has 30 heavy (non-hydrogen) atoms. The molecule has 0 amide bonds. The largest absolute Gasteiger partial charge is 0.495 e. The van der Waals surface area contributed by atoms with Crippen LogP contribution < -0.4 is 10.3 Å². The van der Waals surface area contributed by atoms with Gasteiger partial charge in [-0.15, -0.1) is 5.10 Å². The smallest absolute Gasteiger partial charge is 0.327 e. The Morgan fingerprint density at radius 2 is 1.97 bits per heavy atom. The lowest BCUT2D eigenvalue weighted by Gasteiger charge is -2.19. The monoisotopic (exact) mass is 458 g/mol. The SMILES string of the molecule is COc1cn(C(CC(F)F)C(=O)O)c(=O)cc1-c1cc(Cl)ccc1-n1cc(Cl)nn1. The van der Waals surface area contributed by atoms with Crippen molar-refractivity contribution in [1.29, 1.82) is 0 Å². The van der Waals surface area contributed by atoms with Crippen LogP contribution in [-0.2, 0) is 4.79 Å². The predicted molar refractivity (Wildman–Crippen MR) is 105 cm³/mol. The van der Waals surface area contributed by atoms with E-state index in [0.717, 1.165) is 12.3 Å². The highest BCUT2D eigenvalue weighted by molar-refractivity contribution is 6.31. The maximum absolute atomic E-state index is 12.8. The summed E-state index contributed by atoms with van der Waals surface area (Å²) in [6.07, 6.45) is -1.43. The standard InChI is InChI=1S/C18H14Cl2F2N4O4/c1-30-14-7-25(13(18(28)29)6-16(21)22)17(27)5-11(14)10-4-9(19)2-3-12(10)26-8-15(20)23-24-26/h2-5,7-8,13,16H,6H2,1H3,(H,28,29). The summed E-state index contributed by atoms with van der Waals surface area (Å²) in [6, 6.07) is 4.08. The summed E-state index contributed by atoms with van der Waals surface area (Å²) in [6.45, 7) is 0. The average Bonchev–Trinajstić information content (AvgIpc) is 3.12. The summed E-state index contributed by atoms with van der Waals surface area (Å²) in [4.78, 5) is 24.1. The van der Waals surface area contributed by atoms with Gasteiger partial charge in [-0.05, 0) is 18.2 Å². The third-order valence-corrected chi connectivity index (χ3v) is 4.66. The minimum absolute atomic E-state index is 0.0739. The number of nitrogens with zero attached hydrogens (tertiary/aromatic N) is 4. The van der Waals surface area contributed by atoms with Gasteiger partial charge in [-0.25, -0.2) is 18.3 Å². The molecule has 0 saturated heterocycles. The summed E-state index contributed by atoms with van der Waals surface area (Å²) in [5.41, 5.74) is 0.313. The van der Waals surface area contributed by atoms with Gasteiger partial charge in [0.15, 0.2) is 5.15 Å². The Kier molecular flexibility index (Phi) is 6.37. The molecule has 0 fully saturated rings. The molecule has 8 nitrogen and oxygen atoms in total. The molecule has 158 valence electrons. The highest BCUT2D eigenvalue weighted by Gasteiger charge is 2.27. The van der Waals surface area contributed by atoms with Gasteiger partial charge in [0.1, 0.15) is 11.8 Å². The van der Waals surface area contributed by atoms with Gasteiger partial charge >= 0.3 is 5.97 Å². The molecule has 0 aliphatic carbocycles. The molecule has 0 aliphatic heterocycles. The van der Waals surface area contributed by atoms with Crippen LogP contribution in [0.5, 0.6) is 5.75 Å². The number of pyridine rings is 1. The number of carbonyl (C=O) groups is 1. The fraction of sp³-hybridized carbons (Fsp3) is 0.222. The third-order valence-electron chi connectivity index (χ3n) is 4.25. The summed E-state index contributed by atoms with van der Waals surface area (Å²) in [5, 5.41) is 17.4. The number of methoxy groups -OCH3 is 1. The van der Waals surface area contributed by atoms with E-state index in [4.69, 9.17) is 27.9 Å². The number of halogens is 4. The molecule has 2 heterocycles. The van der Waals surface area contributed by atoms with Crippen LogP contribution in [0.15, 0.2) is 41.5 Å². The average molecular weight is 459 g/mol. The maximum Gasteiger partial charge on any atom is 0.327 e. The van der Waals surface area contributed by atoms with Crippen LogP contribution in [0.4, 0.5) is 8.78 Å². The lowest BCUT2D eigenvalue weighted by Crippen LogP contribution is -2.30. The minimum atomic E-state index is -2.92. The molecular formula is C18H14Cl2F2N4O4. The van der Waals surface area contributed by atoms with Crippen molar-refractivity contribution in [2.24, 2.45) is 0 Å². The molecule has 0 bridgehead atoms. The van der Waals surface area contributed by atoms with E-state index in [9.17, 15) is 23.5 Å². The van der Waals surface area contributed by atoms with Gasteiger partial charge in [0.05, 0.1) is 25.2 Å². The number of ether oxygens (including phenoxy) is 1. The summed E-state index contributed by atoms with van der Waals surface area (Å²) in [5.74, 6) is -1.49. The lowest BCUT2D eigenvalue weighted by atomic mass is 10.0. The molecule has 1 atom stereocenters. The van der Waals surface area contributed by atoms with Gasteiger partial charge in [0.25, 0.3) is 5.56 Å². The third kappa shape index (κ3) is 4.44. The molecule has 0 spiro atoms. The van der Waals surface area contributed by atoms with Gasteiger partial charge < -0.3 is 9.84 Å². The van der Waals surface area contributed by atoms with Crippen molar-refractivity contribution in [3.05, 3.63) is 57.2 Å². The lowest BCUT2D eigenvalue weighted by molar-refractivity contribution is -0.142. The fourth-order valence-electron chi connectivity index (χ4n) is 2.93. The van der Waals surface area contributed by atoms with E-state index in [1.807, 2.05) is 0 Å². The van der Waals surface area contributed by atoms with E-state index in [1.165, 1.54) is 18.0 Å². The zero-order chi connectivity index (χ0) is 22.0. The number of hydrogen-bond acceptors (Lipinski definition) is 5. The first kappa shape index (κ1) is 21.7. The molecule has 0 saturated carbocycles. The zero-order valence-electron chi connectivity index (χ0n) is 15.3. The number of hydrogen-bond donors (Lipinski definition) is 1. The fourth-order valence-corrected chi connectivity index (χ4v) is 3.23. The topological polar surface area (TPSA) is 99.2 Å². The van der Waals surface area contributed by atoms with Crippen LogP contribution in [-0.4, -0.2) is 44.2 Å². The van der Waals surface area contributed by atoms with E-state index in [0.29, 0.717) is 20.8 Å². The number of rotatable bonds is 7. The van der Waals surface area contributed by atoms with Crippen molar-refractivity contribution in [2.75, 3.05) is 7.11 Å². The Hall–Kier alpha value is -2.98. The summed E-state index contributed by atoms with van der Waals surface area (Å²) >= 11 is 12.0. The Morgan fingerprint density at radius 3 is 2.53 bits per heavy atom. The highest BCUT2D eigenvalue weighted by Crippen LogP contribution is 2.35. The highest BCUT2D eigenvalue weighted by atomic mass is 35.5. The second-order valence-corrected chi connectivity index (χ2v) is 6.95. The van der Waals surface area contributed by atoms with Crippen molar-refractivity contribution in [1.82, 2.24) is 19.6 Å². The zero-order valence-corrected chi connectivity index (χ0v) is 16.8. The van der Waals surface area contributed by atoms with E-state index < -0.39 is 30.4 Å². The van der Waals surface area contributed by atoms with Crippen LogP contribution >= 0.6 is 23.2 Å². The number of aliphatic carboxylic acids is 1. The number of carboxylic acid groups (broad SMARTS) is 1. The van der Waals surface area contributed by atoms with Crippen LogP contribution in [0.2, 0.25) is 10.2 Å². The first-order valence-electron chi connectivity index (χ1n) is 8.40. The summed E-state index contributed by atoms with van der Waals surface area (Å²) in [7, 11) is 1.30. The minimum Gasteiger partial charge on any atom is -0.495 e. The quantitative estimate of drug-likeness (QED) is 0.579. The van der Waals surface area contributed by atoms with Crippen LogP contribution in [0.25, 0.3) is 16.8 Å². The maximum atomic E-state index is 12.8. The molecule has 12 heteroatoms. The van der Waals surface area contributed by atoms with Crippen LogP contribution in [0.3, 0.4) is 0 Å². The first-order chi connectivity index (χ1) is 14.2. The second-order valence-electron chi connectivity index (χ2n) is 6.13. The molecule has 2 aromatic heterocycles. The number of benzene rings is 1. The van der Waals surface area contributed by atoms with Crippen molar-refractivity contribution in [3.8, 4) is 22.6 Å². The summed E-state index contributed by atoms with van der Waals surface area (Å²) < 4.78 is 33.0. The van der Waals surface area contributed by atoms with Gasteiger partial charge in [-0.2, -0.15) is 0 Å². The van der Waals surface area contributed by atoms with E-state index in [-0.39, 0.29) is 16.5 Å². The molecule has 1 N–H and O–H groups in total. The number of carboxylic acids is 1. The van der Waals surface area contributed by atoms with Crippen molar-refractivity contribution < 1.29 is 23.4 Å². The number of alkyl halides is 2. The Balaban J connectivity index is 2.21. The van der Waals surface area contributed by atoms with Crippen LogP contribution in [0.1, 0.15) is 12.5 Å². The van der Waals surface area contributed by atoms with Crippen LogP contribution in [0, 0.1) is 0 Å². The van der Waals surface area contributed by atoms with Gasteiger partial charge in [0, 0.05) is 28.6 Å². The number of aromatic nitrogens is 4. The molecule has 1 aromatic carbocycles. The van der Waals surface area contributed by atoms with E-state index >= 15 is 0 Å². The van der Waals surface area contributed by atoms with Crippen molar-refractivity contribution >= 4 is 29.2 Å². The predicted octanol–water partition coefficient (Wildman–Crippen LogP) is 3.69. The van der Waals surface area contributed by atoms with Gasteiger partial charge in [-0.3, -0.25) is 9.36 Å². The van der Waals surface area contributed by atoms with Gasteiger partial charge in [0.2, 0.25) is 6.43 Å². The van der Waals surface area contributed by atoms with E-state index in [1.54, 1.807) is 18.2 Å². The Bertz CT molecular complexity index is 1150. The van der Waals surface area contributed by atoms with Gasteiger partial charge in [-0.1, -0.05) is 28.4 Å². The Morgan fingerprint density at radius 1 is 1.23 bits per heavy atom. The molecule has 1 unspecified atom stereocenters. The Labute approximate surface area is 178 Å². The molecule has 0 aliphatic rings. The normalized spacial score (nSPS) is 12.2. The van der Waals surface area contributed by atoms with Crippen molar-refractivity contribution in [2.45, 2.75) is 18.9 Å². The first-order valence-corrected chi connectivity index (χ1v) is 9.16. The second kappa shape index (κ2) is 8.80. The molecule has 3 aromatic rings.